The summed E-state index contributed by atoms with van der Waals surface area (Å²) < 4.78 is 41.3. The third-order valence-corrected chi connectivity index (χ3v) is 6.91. The molecule has 2 aromatic rings. The molecule has 1 N–H and O–H groups in total. The number of aryl methyl sites for hydroxylation is 2. The number of nitrogens with one attached hydrogen (secondary N) is 1. The summed E-state index contributed by atoms with van der Waals surface area (Å²) in [6.07, 6.45) is 3.75. The topological polar surface area (TPSA) is 61.8 Å². The molecule has 0 unspecified atom stereocenters. The first-order chi connectivity index (χ1) is 14.9. The zero-order valence-corrected chi connectivity index (χ0v) is 18.3. The maximum atomic E-state index is 12.6. The Morgan fingerprint density at radius 3 is 2.29 bits per heavy atom. The Hall–Kier alpha value is -2.32. The van der Waals surface area contributed by atoms with Gasteiger partial charge in [-0.3, -0.25) is 4.90 Å². The molecule has 2 aliphatic carbocycles. The van der Waals surface area contributed by atoms with E-state index in [1.165, 1.54) is 27.2 Å². The van der Waals surface area contributed by atoms with Gasteiger partial charge in [-0.25, -0.2) is 13.6 Å². The summed E-state index contributed by atoms with van der Waals surface area (Å²) in [5, 5.41) is 2.92. The zero-order chi connectivity index (χ0) is 22.0. The van der Waals surface area contributed by atoms with Crippen LogP contribution in [-0.2, 0) is 47.0 Å². The van der Waals surface area contributed by atoms with Crippen LogP contribution in [0.2, 0.25) is 0 Å². The van der Waals surface area contributed by atoms with Crippen LogP contribution in [0.4, 0.5) is 19.3 Å². The van der Waals surface area contributed by atoms with Crippen LogP contribution < -0.4 is 5.32 Å². The first-order valence-electron chi connectivity index (χ1n) is 10.6. The highest BCUT2D eigenvalue weighted by atomic mass is 32.2. The molecule has 0 aromatic heterocycles. The highest BCUT2D eigenvalue weighted by molar-refractivity contribution is 7.75. The molecule has 0 atom stereocenters. The molecule has 2 amide bonds. The minimum absolute atomic E-state index is 0.309. The van der Waals surface area contributed by atoms with Crippen LogP contribution in [0.3, 0.4) is 0 Å². The van der Waals surface area contributed by atoms with Gasteiger partial charge in [-0.05, 0) is 73.4 Å². The number of carbonyl (C=O) groups is 1. The Morgan fingerprint density at radius 2 is 1.71 bits per heavy atom. The average molecular weight is 447 g/mol. The Morgan fingerprint density at radius 1 is 1.10 bits per heavy atom. The molecule has 0 bridgehead atoms. The molecule has 0 saturated heterocycles. The SMILES string of the molecule is CN(Cc1ccc([S-](=O)=NC(=O)Nc2c3c(cc4c2CCC4)CCC3)cc1)CC(F)F. The van der Waals surface area contributed by atoms with Crippen LogP contribution in [0.25, 0.3) is 0 Å². The summed E-state index contributed by atoms with van der Waals surface area (Å²) in [4.78, 5) is 14.5. The van der Waals surface area contributed by atoms with Crippen molar-refractivity contribution < 1.29 is 17.8 Å². The average Bonchev–Trinajstić information content (AvgIpc) is 3.36. The number of benzene rings is 2. The Labute approximate surface area is 183 Å². The summed E-state index contributed by atoms with van der Waals surface area (Å²) in [7, 11) is -0.214. The molecule has 2 aliphatic rings. The molecule has 8 heteroatoms. The van der Waals surface area contributed by atoms with Crippen LogP contribution in [-0.4, -0.2) is 30.9 Å². The number of hydrogen-bond acceptors (Lipinski definition) is 4. The summed E-state index contributed by atoms with van der Waals surface area (Å²) in [5.74, 6) is 0. The van der Waals surface area contributed by atoms with E-state index in [2.05, 4.69) is 15.7 Å². The van der Waals surface area contributed by atoms with Gasteiger partial charge in [0.05, 0.1) is 6.54 Å². The predicted octanol–water partition coefficient (Wildman–Crippen LogP) is 5.10. The van der Waals surface area contributed by atoms with Crippen molar-refractivity contribution in [3.8, 4) is 0 Å². The molecule has 2 aromatic carbocycles. The molecule has 5 nitrogen and oxygen atoms in total. The van der Waals surface area contributed by atoms with Crippen molar-refractivity contribution in [2.24, 2.45) is 4.36 Å². The van der Waals surface area contributed by atoms with Gasteiger partial charge in [0.15, 0.2) is 0 Å². The van der Waals surface area contributed by atoms with Crippen LogP contribution >= 0.6 is 0 Å². The van der Waals surface area contributed by atoms with E-state index in [1.807, 2.05) is 0 Å². The van der Waals surface area contributed by atoms with Gasteiger partial charge < -0.3 is 13.9 Å². The highest BCUT2D eigenvalue weighted by Crippen LogP contribution is 2.38. The third-order valence-electron chi connectivity index (χ3n) is 5.90. The Bertz CT molecular complexity index is 1030. The number of rotatable bonds is 6. The van der Waals surface area contributed by atoms with Gasteiger partial charge in [-0.15, -0.1) is 0 Å². The summed E-state index contributed by atoms with van der Waals surface area (Å²) in [6.45, 7) is 0.0508. The van der Waals surface area contributed by atoms with Crippen molar-refractivity contribution in [3.63, 3.8) is 0 Å². The number of carbonyl (C=O) groups excluding carboxylic acids is 1. The van der Waals surface area contributed by atoms with Gasteiger partial charge in [-0.2, -0.15) is 10.6 Å². The van der Waals surface area contributed by atoms with Crippen LogP contribution in [0.5, 0.6) is 0 Å². The first-order valence-corrected chi connectivity index (χ1v) is 11.7. The molecule has 31 heavy (non-hydrogen) atoms. The highest BCUT2D eigenvalue weighted by Gasteiger charge is 2.24. The summed E-state index contributed by atoms with van der Waals surface area (Å²) >= 11 is 0. The quantitative estimate of drug-likeness (QED) is 0.628. The van der Waals surface area contributed by atoms with Crippen molar-refractivity contribution in [1.29, 1.82) is 0 Å². The van der Waals surface area contributed by atoms with E-state index in [0.29, 0.717) is 11.4 Å². The summed E-state index contributed by atoms with van der Waals surface area (Å²) in [5.41, 5.74) is 6.72. The third kappa shape index (κ3) is 5.13. The lowest BCUT2D eigenvalue weighted by Gasteiger charge is -2.17. The van der Waals surface area contributed by atoms with E-state index in [-0.39, 0.29) is 6.54 Å². The van der Waals surface area contributed by atoms with Crippen molar-refractivity contribution >= 4 is 22.3 Å². The normalized spacial score (nSPS) is 16.0. The van der Waals surface area contributed by atoms with E-state index in [9.17, 15) is 17.8 Å². The van der Waals surface area contributed by atoms with Crippen LogP contribution in [0, 0.1) is 0 Å². The van der Waals surface area contributed by atoms with Crippen molar-refractivity contribution in [2.45, 2.75) is 56.4 Å². The Balaban J connectivity index is 1.46. The van der Waals surface area contributed by atoms with E-state index in [0.717, 1.165) is 49.8 Å². The van der Waals surface area contributed by atoms with Crippen molar-refractivity contribution in [1.82, 2.24) is 4.90 Å². The fourth-order valence-electron chi connectivity index (χ4n) is 4.55. The van der Waals surface area contributed by atoms with Gasteiger partial charge in [0, 0.05) is 12.2 Å². The largest absolute Gasteiger partial charge is 0.439 e. The number of fused-ring (bicyclic) bond motifs is 2. The smallest absolute Gasteiger partial charge is 0.322 e. The molecular formula is C23H26F2N3O2S-. The monoisotopic (exact) mass is 446 g/mol. The van der Waals surface area contributed by atoms with Gasteiger partial charge in [0.1, 0.15) is 0 Å². The van der Waals surface area contributed by atoms with Gasteiger partial charge in [-0.1, -0.05) is 35.2 Å². The molecule has 0 radical (unpaired) electrons. The second kappa shape index (κ2) is 9.44. The molecule has 0 saturated carbocycles. The van der Waals surface area contributed by atoms with E-state index < -0.39 is 23.1 Å². The van der Waals surface area contributed by atoms with Gasteiger partial charge in [0.2, 0.25) is 0 Å². The molecular weight excluding hydrogens is 420 g/mol. The molecule has 0 aliphatic heterocycles. The Kier molecular flexibility index (Phi) is 6.67. The number of halogens is 2. The predicted molar refractivity (Wildman–Crippen MR) is 117 cm³/mol. The molecule has 0 spiro atoms. The minimum Gasteiger partial charge on any atom is -0.439 e. The van der Waals surface area contributed by atoms with E-state index in [1.54, 1.807) is 31.3 Å². The first kappa shape index (κ1) is 21.9. The van der Waals surface area contributed by atoms with Crippen LogP contribution in [0.15, 0.2) is 39.6 Å². The van der Waals surface area contributed by atoms with Gasteiger partial charge in [0.25, 0.3) is 6.43 Å². The number of anilines is 1. The lowest BCUT2D eigenvalue weighted by molar-refractivity contribution is 0.0975. The lowest BCUT2D eigenvalue weighted by atomic mass is 9.99. The molecule has 0 heterocycles. The lowest BCUT2D eigenvalue weighted by Crippen LogP contribution is -2.24. The van der Waals surface area contributed by atoms with Crippen molar-refractivity contribution in [2.75, 3.05) is 18.9 Å². The number of alkyl halides is 2. The zero-order valence-electron chi connectivity index (χ0n) is 17.5. The maximum Gasteiger partial charge on any atom is 0.322 e. The molecule has 166 valence electrons. The van der Waals surface area contributed by atoms with E-state index >= 15 is 0 Å². The van der Waals surface area contributed by atoms with Crippen molar-refractivity contribution in [3.05, 3.63) is 58.1 Å². The second-order valence-electron chi connectivity index (χ2n) is 8.24. The van der Waals surface area contributed by atoms with E-state index in [4.69, 9.17) is 0 Å². The summed E-state index contributed by atoms with van der Waals surface area (Å²) in [6, 6.07) is 8.37. The second-order valence-corrected chi connectivity index (χ2v) is 9.39. The van der Waals surface area contributed by atoms with Gasteiger partial charge >= 0.3 is 6.03 Å². The maximum absolute atomic E-state index is 12.6. The molecule has 0 fully saturated rings. The number of nitrogens with zero attached hydrogens (tertiary/aromatic N) is 2. The minimum atomic E-state index is -2.39. The molecule has 4 rings (SSSR count). The standard InChI is InChI=1S/C23H26F2N3O2S/c1-28(14-21(24)25)13-15-8-10-18(11-9-15)31(30)27-23(29)26-22-19-6-2-4-16(19)12-17-5-3-7-20(17)22/h8-12,21H,2-7,13-14H2,1H3,(H,26,29)/q-1. The fraction of sp³-hybridized carbons (Fsp3) is 0.435. The van der Waals surface area contributed by atoms with Crippen LogP contribution in [0.1, 0.15) is 40.7 Å². The number of amides is 2. The fourth-order valence-corrected chi connectivity index (χ4v) is 5.22. The number of urea groups is 1. The number of hydrogen-bond donors (Lipinski definition) is 1.